The van der Waals surface area contributed by atoms with Gasteiger partial charge in [0.2, 0.25) is 11.7 Å². The van der Waals surface area contributed by atoms with Gasteiger partial charge in [-0.3, -0.25) is 14.7 Å². The lowest BCUT2D eigenvalue weighted by atomic mass is 9.97. The molecule has 1 amide bonds. The number of carboxylic acid groups (broad SMARTS) is 1. The van der Waals surface area contributed by atoms with Crippen molar-refractivity contribution in [1.29, 1.82) is 0 Å². The Morgan fingerprint density at radius 2 is 1.51 bits per heavy atom. The number of carboxylic acids is 1. The Balaban J connectivity index is 1.52. The van der Waals surface area contributed by atoms with Gasteiger partial charge in [-0.25, -0.2) is 4.79 Å². The van der Waals surface area contributed by atoms with E-state index in [4.69, 9.17) is 14.2 Å². The maximum absolute atomic E-state index is 13.8. The molecule has 244 valence electrons. The van der Waals surface area contributed by atoms with Gasteiger partial charge in [-0.05, 0) is 48.7 Å². The standard InChI is InChI=1S/C37H39N3O7/c1-45-30-21-26(22-31(46-2)35(30)47-3)34(41)33(37(43)44)39-32(25-15-8-5-9-16-25)27-17-10-11-18-28(27)38-36(42)29-19-12-20-40(29)23-24-13-6-4-7-14-24/h4-11,13-18,21-22,29,33-34,41H,12,19-20,23H2,1-3H3,(H,38,42)(H,43,44)/t29-,33-,34+/m0/s1. The van der Waals surface area contributed by atoms with Crippen LogP contribution >= 0.6 is 0 Å². The number of aliphatic imine (C=N–C) groups is 1. The first-order valence-electron chi connectivity index (χ1n) is 15.4. The highest BCUT2D eigenvalue weighted by Gasteiger charge is 2.33. The molecule has 1 saturated heterocycles. The zero-order valence-corrected chi connectivity index (χ0v) is 26.6. The van der Waals surface area contributed by atoms with Gasteiger partial charge < -0.3 is 29.7 Å². The normalized spacial score (nSPS) is 16.3. The van der Waals surface area contributed by atoms with Crippen molar-refractivity contribution in [3.8, 4) is 17.2 Å². The van der Waals surface area contributed by atoms with Crippen molar-refractivity contribution in [2.75, 3.05) is 33.2 Å². The second-order valence-electron chi connectivity index (χ2n) is 11.2. The molecule has 0 saturated carbocycles. The van der Waals surface area contributed by atoms with Crippen LogP contribution in [0.2, 0.25) is 0 Å². The van der Waals surface area contributed by atoms with E-state index in [0.29, 0.717) is 34.8 Å². The number of carbonyl (C=O) groups is 2. The monoisotopic (exact) mass is 637 g/mol. The van der Waals surface area contributed by atoms with Gasteiger partial charge in [0.15, 0.2) is 17.5 Å². The summed E-state index contributed by atoms with van der Waals surface area (Å²) in [4.78, 5) is 33.3. The predicted molar refractivity (Wildman–Crippen MR) is 180 cm³/mol. The smallest absolute Gasteiger partial charge is 0.331 e. The minimum Gasteiger partial charge on any atom is -0.493 e. The summed E-state index contributed by atoms with van der Waals surface area (Å²) in [6.07, 6.45) is 0.0389. The van der Waals surface area contributed by atoms with Gasteiger partial charge >= 0.3 is 5.97 Å². The first-order valence-corrected chi connectivity index (χ1v) is 15.4. The van der Waals surface area contributed by atoms with E-state index >= 15 is 0 Å². The summed E-state index contributed by atoms with van der Waals surface area (Å²) < 4.78 is 16.2. The summed E-state index contributed by atoms with van der Waals surface area (Å²) in [5.74, 6) is -0.660. The lowest BCUT2D eigenvalue weighted by Crippen LogP contribution is -2.39. The van der Waals surface area contributed by atoms with E-state index in [9.17, 15) is 19.8 Å². The van der Waals surface area contributed by atoms with Gasteiger partial charge in [0, 0.05) is 17.7 Å². The molecule has 5 rings (SSSR count). The second-order valence-corrected chi connectivity index (χ2v) is 11.2. The molecule has 1 aliphatic heterocycles. The number of aliphatic hydroxyl groups is 1. The molecule has 1 fully saturated rings. The lowest BCUT2D eigenvalue weighted by Gasteiger charge is -2.25. The highest BCUT2D eigenvalue weighted by atomic mass is 16.5. The van der Waals surface area contributed by atoms with E-state index in [1.807, 2.05) is 36.4 Å². The number of anilines is 1. The van der Waals surface area contributed by atoms with Crippen molar-refractivity contribution >= 4 is 23.3 Å². The van der Waals surface area contributed by atoms with Crippen molar-refractivity contribution in [1.82, 2.24) is 4.90 Å². The van der Waals surface area contributed by atoms with Crippen molar-refractivity contribution in [2.24, 2.45) is 4.99 Å². The van der Waals surface area contributed by atoms with Gasteiger partial charge in [-0.2, -0.15) is 0 Å². The van der Waals surface area contributed by atoms with Crippen molar-refractivity contribution in [2.45, 2.75) is 37.6 Å². The summed E-state index contributed by atoms with van der Waals surface area (Å²) in [7, 11) is 4.33. The maximum atomic E-state index is 13.8. The van der Waals surface area contributed by atoms with E-state index in [1.165, 1.54) is 33.5 Å². The van der Waals surface area contributed by atoms with Gasteiger partial charge in [-0.15, -0.1) is 0 Å². The summed E-state index contributed by atoms with van der Waals surface area (Å²) in [6, 6.07) is 27.3. The van der Waals surface area contributed by atoms with Crippen molar-refractivity contribution in [3.63, 3.8) is 0 Å². The topological polar surface area (TPSA) is 130 Å². The molecule has 4 aromatic rings. The molecule has 4 aromatic carbocycles. The summed E-state index contributed by atoms with van der Waals surface area (Å²) >= 11 is 0. The molecule has 10 nitrogen and oxygen atoms in total. The molecule has 10 heteroatoms. The number of para-hydroxylation sites is 1. The first kappa shape index (κ1) is 33.2. The predicted octanol–water partition coefficient (Wildman–Crippen LogP) is 5.34. The van der Waals surface area contributed by atoms with Crippen LogP contribution in [0.4, 0.5) is 5.69 Å². The summed E-state index contributed by atoms with van der Waals surface area (Å²) in [5, 5.41) is 25.0. The first-order chi connectivity index (χ1) is 22.8. The summed E-state index contributed by atoms with van der Waals surface area (Å²) in [6.45, 7) is 1.47. The zero-order valence-electron chi connectivity index (χ0n) is 26.6. The Bertz CT molecular complexity index is 1690. The van der Waals surface area contributed by atoms with Crippen LogP contribution in [0.25, 0.3) is 0 Å². The van der Waals surface area contributed by atoms with Gasteiger partial charge in [0.05, 0.1) is 38.8 Å². The zero-order chi connectivity index (χ0) is 33.3. The maximum Gasteiger partial charge on any atom is 0.331 e. The number of aliphatic carboxylic acids is 1. The van der Waals surface area contributed by atoms with Crippen LogP contribution in [0.5, 0.6) is 17.2 Å². The molecule has 0 aliphatic carbocycles. The third kappa shape index (κ3) is 7.62. The summed E-state index contributed by atoms with van der Waals surface area (Å²) in [5.41, 5.74) is 3.26. The number of methoxy groups -OCH3 is 3. The largest absolute Gasteiger partial charge is 0.493 e. The lowest BCUT2D eigenvalue weighted by molar-refractivity contribution is -0.141. The number of hydrogen-bond acceptors (Lipinski definition) is 8. The number of rotatable bonds is 13. The van der Waals surface area contributed by atoms with Gasteiger partial charge in [0.1, 0.15) is 6.10 Å². The fraction of sp³-hybridized carbons (Fsp3) is 0.270. The third-order valence-electron chi connectivity index (χ3n) is 8.23. The van der Waals surface area contributed by atoms with Crippen LogP contribution in [-0.4, -0.2) is 72.7 Å². The third-order valence-corrected chi connectivity index (χ3v) is 8.23. The number of nitrogens with one attached hydrogen (secondary N) is 1. The molecule has 0 spiro atoms. The number of nitrogens with zero attached hydrogens (tertiary/aromatic N) is 2. The molecule has 47 heavy (non-hydrogen) atoms. The number of aliphatic hydroxyl groups excluding tert-OH is 1. The molecular formula is C37H39N3O7. The highest BCUT2D eigenvalue weighted by molar-refractivity contribution is 6.17. The Labute approximate surface area is 274 Å². The van der Waals surface area contributed by atoms with Crippen molar-refractivity contribution < 1.29 is 34.0 Å². The minimum absolute atomic E-state index is 0.148. The quantitative estimate of drug-likeness (QED) is 0.168. The van der Waals surface area contributed by atoms with Crippen LogP contribution in [0.1, 0.15) is 41.2 Å². The average Bonchev–Trinajstić information content (AvgIpc) is 3.57. The number of carbonyl (C=O) groups excluding carboxylic acids is 1. The number of benzene rings is 4. The number of hydrogen-bond donors (Lipinski definition) is 3. The van der Waals surface area contributed by atoms with Gasteiger partial charge in [0.25, 0.3) is 0 Å². The Kier molecular flexibility index (Phi) is 10.9. The number of likely N-dealkylation sites (tertiary alicyclic amines) is 1. The van der Waals surface area contributed by atoms with Crippen molar-refractivity contribution in [3.05, 3.63) is 119 Å². The Morgan fingerprint density at radius 3 is 2.13 bits per heavy atom. The molecule has 3 atom stereocenters. The minimum atomic E-state index is -1.63. The van der Waals surface area contributed by atoms with Crippen LogP contribution in [0.3, 0.4) is 0 Å². The van der Waals surface area contributed by atoms with Crippen LogP contribution < -0.4 is 19.5 Å². The van der Waals surface area contributed by atoms with Gasteiger partial charge in [-0.1, -0.05) is 78.9 Å². The van der Waals surface area contributed by atoms with E-state index in [2.05, 4.69) is 27.3 Å². The average molecular weight is 638 g/mol. The Morgan fingerprint density at radius 1 is 0.894 bits per heavy atom. The molecule has 1 aliphatic rings. The molecule has 0 unspecified atom stereocenters. The molecular weight excluding hydrogens is 598 g/mol. The van der Waals surface area contributed by atoms with E-state index in [-0.39, 0.29) is 29.0 Å². The molecule has 0 aromatic heterocycles. The number of amides is 1. The molecule has 1 heterocycles. The fourth-order valence-corrected chi connectivity index (χ4v) is 5.89. The van der Waals surface area contributed by atoms with Crippen LogP contribution in [0, 0.1) is 0 Å². The number of ether oxygens (including phenoxy) is 3. The molecule has 0 bridgehead atoms. The SMILES string of the molecule is COc1cc([C@@H](O)[C@H](N=C(c2ccccc2)c2ccccc2NC(=O)[C@@H]2CCCN2Cc2ccccc2)C(=O)O)cc(OC)c1OC. The molecule has 0 radical (unpaired) electrons. The fourth-order valence-electron chi connectivity index (χ4n) is 5.89. The van der Waals surface area contributed by atoms with E-state index < -0.39 is 18.1 Å². The van der Waals surface area contributed by atoms with Crippen LogP contribution in [0.15, 0.2) is 102 Å². The van der Waals surface area contributed by atoms with E-state index in [0.717, 1.165) is 24.9 Å². The van der Waals surface area contributed by atoms with E-state index in [1.54, 1.807) is 36.4 Å². The second kappa shape index (κ2) is 15.4. The Hall–Kier alpha value is -5.19. The van der Waals surface area contributed by atoms with Crippen LogP contribution in [-0.2, 0) is 16.1 Å². The highest BCUT2D eigenvalue weighted by Crippen LogP contribution is 2.40. The molecule has 3 N–H and O–H groups in total.